The van der Waals surface area contributed by atoms with Gasteiger partial charge in [0.15, 0.2) is 0 Å². The molecule has 0 aliphatic heterocycles. The molecule has 3 aromatic carbocycles. The second-order valence-corrected chi connectivity index (χ2v) is 7.15. The van der Waals surface area contributed by atoms with Gasteiger partial charge in [-0.2, -0.15) is 0 Å². The summed E-state index contributed by atoms with van der Waals surface area (Å²) in [6.07, 6.45) is 11.7. The third-order valence-corrected chi connectivity index (χ3v) is 5.51. The van der Waals surface area contributed by atoms with E-state index in [9.17, 15) is 0 Å². The first-order valence-corrected chi connectivity index (χ1v) is 9.45. The van der Waals surface area contributed by atoms with Crippen molar-refractivity contribution >= 4 is 37.5 Å². The second-order valence-electron chi connectivity index (χ2n) is 6.30. The highest BCUT2D eigenvalue weighted by atomic mass is 79.9. The van der Waals surface area contributed by atoms with Crippen LogP contribution in [0.1, 0.15) is 24.0 Å². The Hall–Kier alpha value is -2.26. The molecule has 0 bridgehead atoms. The number of aromatic nitrogens is 2. The normalized spacial score (nSPS) is 13.2. The molecule has 0 saturated heterocycles. The lowest BCUT2D eigenvalue weighted by Crippen LogP contribution is -2.03. The molecule has 0 N–H and O–H groups in total. The summed E-state index contributed by atoms with van der Waals surface area (Å²) in [5, 5.41) is 5.54. The van der Waals surface area contributed by atoms with E-state index in [2.05, 4.69) is 68.4 Å². The van der Waals surface area contributed by atoms with Crippen molar-refractivity contribution in [1.29, 1.82) is 0 Å². The highest BCUT2D eigenvalue weighted by Gasteiger charge is 2.13. The van der Waals surface area contributed by atoms with Gasteiger partial charge >= 0.3 is 0 Å². The summed E-state index contributed by atoms with van der Waals surface area (Å²) < 4.78 is 1.18. The molecule has 0 radical (unpaired) electrons. The van der Waals surface area contributed by atoms with Gasteiger partial charge in [-0.1, -0.05) is 52.3 Å². The number of hydrogen-bond acceptors (Lipinski definition) is 2. The lowest BCUT2D eigenvalue weighted by atomic mass is 9.86. The fourth-order valence-corrected chi connectivity index (χ4v) is 4.14. The molecular formula is C22H19BrN2. The summed E-state index contributed by atoms with van der Waals surface area (Å²) in [5.74, 6) is 0. The topological polar surface area (TPSA) is 25.8 Å². The molecule has 0 fully saturated rings. The first-order valence-electron chi connectivity index (χ1n) is 8.66. The molecular weight excluding hydrogens is 372 g/mol. The quantitative estimate of drug-likeness (QED) is 0.338. The molecule has 0 saturated carbocycles. The van der Waals surface area contributed by atoms with Crippen LogP contribution in [-0.2, 0) is 12.8 Å². The predicted octanol–water partition coefficient (Wildman–Crippen LogP) is 6.11. The Morgan fingerprint density at radius 3 is 2.04 bits per heavy atom. The Labute approximate surface area is 156 Å². The van der Waals surface area contributed by atoms with Crippen LogP contribution >= 0.6 is 15.9 Å². The van der Waals surface area contributed by atoms with Crippen LogP contribution in [0.2, 0.25) is 0 Å². The van der Waals surface area contributed by atoms with Gasteiger partial charge in [-0.3, -0.25) is 9.97 Å². The molecule has 1 aromatic heterocycles. The molecule has 0 atom stereocenters. The summed E-state index contributed by atoms with van der Waals surface area (Å²) in [6, 6.07) is 15.7. The van der Waals surface area contributed by atoms with Crippen LogP contribution in [0.4, 0.5) is 0 Å². The van der Waals surface area contributed by atoms with Crippen molar-refractivity contribution in [3.8, 4) is 0 Å². The van der Waals surface area contributed by atoms with Gasteiger partial charge in [0.1, 0.15) is 0 Å². The maximum absolute atomic E-state index is 3.72. The first kappa shape index (κ1) is 16.2. The van der Waals surface area contributed by atoms with E-state index in [0.29, 0.717) is 0 Å². The molecule has 2 nitrogen and oxygen atoms in total. The third-order valence-electron chi connectivity index (χ3n) is 4.81. The minimum Gasteiger partial charge on any atom is -0.262 e. The maximum atomic E-state index is 3.72. The zero-order chi connectivity index (χ0) is 17.1. The summed E-state index contributed by atoms with van der Waals surface area (Å²) in [5.41, 5.74) is 3.15. The SMILES string of the molecule is Brc1cccc2c1ccc1c3c(ccc12)CCCC3.c1cnccn1. The van der Waals surface area contributed by atoms with Gasteiger partial charge in [-0.25, -0.2) is 0 Å². The van der Waals surface area contributed by atoms with Crippen LogP contribution in [0, 0.1) is 0 Å². The van der Waals surface area contributed by atoms with Gasteiger partial charge in [0, 0.05) is 29.3 Å². The largest absolute Gasteiger partial charge is 0.262 e. The van der Waals surface area contributed by atoms with E-state index in [-0.39, 0.29) is 0 Å². The Bertz CT molecular complexity index is 986. The Balaban J connectivity index is 0.000000223. The number of halogens is 1. The van der Waals surface area contributed by atoms with Gasteiger partial charge in [-0.15, -0.1) is 0 Å². The molecule has 1 aliphatic carbocycles. The lowest BCUT2D eigenvalue weighted by molar-refractivity contribution is 0.690. The molecule has 3 heteroatoms. The molecule has 0 spiro atoms. The maximum Gasteiger partial charge on any atom is 0.0451 e. The first-order chi connectivity index (χ1) is 12.3. The Kier molecular flexibility index (Phi) is 4.75. The van der Waals surface area contributed by atoms with E-state index in [1.54, 1.807) is 35.9 Å². The number of rotatable bonds is 0. The van der Waals surface area contributed by atoms with E-state index < -0.39 is 0 Å². The van der Waals surface area contributed by atoms with E-state index in [4.69, 9.17) is 0 Å². The van der Waals surface area contributed by atoms with E-state index in [0.717, 1.165) is 0 Å². The summed E-state index contributed by atoms with van der Waals surface area (Å²) in [6.45, 7) is 0. The van der Waals surface area contributed by atoms with Crippen LogP contribution in [0.15, 0.2) is 71.7 Å². The van der Waals surface area contributed by atoms with Gasteiger partial charge in [0.2, 0.25) is 0 Å². The van der Waals surface area contributed by atoms with Gasteiger partial charge in [-0.05, 0) is 64.4 Å². The van der Waals surface area contributed by atoms with Crippen LogP contribution < -0.4 is 0 Å². The minimum atomic E-state index is 1.18. The molecule has 0 amide bonds. The third kappa shape index (κ3) is 3.29. The van der Waals surface area contributed by atoms with Crippen molar-refractivity contribution in [2.45, 2.75) is 25.7 Å². The fourth-order valence-electron chi connectivity index (χ4n) is 3.64. The van der Waals surface area contributed by atoms with Gasteiger partial charge in [0.05, 0.1) is 0 Å². The van der Waals surface area contributed by atoms with Crippen LogP contribution in [-0.4, -0.2) is 9.97 Å². The average molecular weight is 391 g/mol. The summed E-state index contributed by atoms with van der Waals surface area (Å²) in [7, 11) is 0. The standard InChI is InChI=1S/C18H15Br.C4H4N2/c19-18-7-3-6-14-16-9-8-12-4-1-2-5-13(12)15(16)10-11-17(14)18;1-2-6-4-3-5-1/h3,6-11H,1-2,4-5H2;1-4H. The number of fused-ring (bicyclic) bond motifs is 5. The Morgan fingerprint density at radius 1 is 0.640 bits per heavy atom. The van der Waals surface area contributed by atoms with Crippen molar-refractivity contribution in [3.63, 3.8) is 0 Å². The second kappa shape index (κ2) is 7.32. The number of hydrogen-bond donors (Lipinski definition) is 0. The number of aryl methyl sites for hydroxylation is 2. The molecule has 4 aromatic rings. The van der Waals surface area contributed by atoms with Crippen molar-refractivity contribution < 1.29 is 0 Å². The molecule has 1 heterocycles. The Morgan fingerprint density at radius 2 is 1.28 bits per heavy atom. The predicted molar refractivity (Wildman–Crippen MR) is 108 cm³/mol. The van der Waals surface area contributed by atoms with Crippen molar-refractivity contribution in [2.24, 2.45) is 0 Å². The molecule has 1 aliphatic rings. The molecule has 5 rings (SSSR count). The number of benzene rings is 3. The smallest absolute Gasteiger partial charge is 0.0451 e. The number of nitrogens with zero attached hydrogens (tertiary/aromatic N) is 2. The van der Waals surface area contributed by atoms with Crippen molar-refractivity contribution in [2.75, 3.05) is 0 Å². The molecule has 25 heavy (non-hydrogen) atoms. The van der Waals surface area contributed by atoms with Gasteiger partial charge < -0.3 is 0 Å². The van der Waals surface area contributed by atoms with Crippen molar-refractivity contribution in [1.82, 2.24) is 9.97 Å². The van der Waals surface area contributed by atoms with Crippen LogP contribution in [0.3, 0.4) is 0 Å². The highest BCUT2D eigenvalue weighted by molar-refractivity contribution is 9.10. The van der Waals surface area contributed by atoms with Crippen LogP contribution in [0.5, 0.6) is 0 Å². The van der Waals surface area contributed by atoms with Crippen molar-refractivity contribution in [3.05, 3.63) is 82.9 Å². The summed E-state index contributed by atoms with van der Waals surface area (Å²) >= 11 is 3.66. The lowest BCUT2D eigenvalue weighted by Gasteiger charge is -2.18. The van der Waals surface area contributed by atoms with Gasteiger partial charge in [0.25, 0.3) is 0 Å². The molecule has 0 unspecified atom stereocenters. The van der Waals surface area contributed by atoms with Crippen LogP contribution in [0.25, 0.3) is 21.5 Å². The minimum absolute atomic E-state index is 1.18. The fraction of sp³-hybridized carbons (Fsp3) is 0.182. The van der Waals surface area contributed by atoms with E-state index >= 15 is 0 Å². The summed E-state index contributed by atoms with van der Waals surface area (Å²) in [4.78, 5) is 7.44. The highest BCUT2D eigenvalue weighted by Crippen LogP contribution is 2.35. The van der Waals surface area contributed by atoms with E-state index in [1.165, 1.54) is 51.7 Å². The zero-order valence-electron chi connectivity index (χ0n) is 14.0. The zero-order valence-corrected chi connectivity index (χ0v) is 15.5. The van der Waals surface area contributed by atoms with E-state index in [1.807, 2.05) is 0 Å². The monoisotopic (exact) mass is 390 g/mol. The molecule has 124 valence electrons. The average Bonchev–Trinajstić information content (AvgIpc) is 2.69.